The molecule has 0 saturated heterocycles. The molecule has 0 N–H and O–H groups in total. The van der Waals surface area contributed by atoms with E-state index in [-0.39, 0.29) is 31.9 Å². The van der Waals surface area contributed by atoms with Crippen LogP contribution in [-0.2, 0) is 31.9 Å². The number of benzene rings is 6. The fourth-order valence-corrected chi connectivity index (χ4v) is 7.86. The van der Waals surface area contributed by atoms with Crippen LogP contribution in [0.15, 0.2) is 152 Å². The standard InChI is InChI=1S/C53H46N4.Pt/c1-34-26-38(30-41(27-34)57(50-24-12-13-25-54-50)49-23-14-17-35-16-8-9-18-42(35)49)47-31-37(36-28-39(52(2,3)4)33-40(29-36)53(5,6)7)32-48(55-47)45-21-15-20-44-43-19-10-11-22-46(43)56-51(44)45;/h8-29,31-33H,1-7H3;/q-2;+2. The van der Waals surface area contributed by atoms with Crippen molar-refractivity contribution in [3.63, 3.8) is 0 Å². The average molecular weight is 934 g/mol. The SMILES string of the molecule is Cc1cc(-c2cc(-c3cc(C(C)(C)C)cc(C(C)(C)C)c3)cc(-c3cccc4c3[n-]c3ccccc34)n2)[c-]c(N(c2ccccn2)c2cccc3ccccc23)c1.[Pt+2]. The summed E-state index contributed by atoms with van der Waals surface area (Å²) in [4.78, 5) is 17.7. The number of hydrogen-bond donors (Lipinski definition) is 0. The topological polar surface area (TPSA) is 43.1 Å². The van der Waals surface area contributed by atoms with Gasteiger partial charge in [-0.25, -0.2) is 4.98 Å². The molecule has 6 aromatic carbocycles. The molecule has 0 bridgehead atoms. The maximum atomic E-state index is 5.49. The number of anilines is 3. The van der Waals surface area contributed by atoms with Gasteiger partial charge < -0.3 is 9.88 Å². The summed E-state index contributed by atoms with van der Waals surface area (Å²) in [6, 6.07) is 55.7. The Bertz CT molecular complexity index is 2910. The van der Waals surface area contributed by atoms with E-state index in [2.05, 4.69) is 193 Å². The van der Waals surface area contributed by atoms with Crippen LogP contribution in [0.1, 0.15) is 58.2 Å². The Morgan fingerprint density at radius 3 is 1.97 bits per heavy atom. The zero-order chi connectivity index (χ0) is 39.5. The fraction of sp³-hybridized carbons (Fsp3) is 0.170. The van der Waals surface area contributed by atoms with Gasteiger partial charge in [0.1, 0.15) is 5.82 Å². The largest absolute Gasteiger partial charge is 2.00 e. The van der Waals surface area contributed by atoms with E-state index in [1.165, 1.54) is 16.7 Å². The van der Waals surface area contributed by atoms with Gasteiger partial charge >= 0.3 is 21.1 Å². The summed E-state index contributed by atoms with van der Waals surface area (Å²) < 4.78 is 0. The summed E-state index contributed by atoms with van der Waals surface area (Å²) >= 11 is 0. The molecule has 0 radical (unpaired) electrons. The summed E-state index contributed by atoms with van der Waals surface area (Å²) in [5, 5.41) is 4.59. The van der Waals surface area contributed by atoms with Gasteiger partial charge in [0.05, 0.1) is 11.4 Å². The summed E-state index contributed by atoms with van der Waals surface area (Å²) in [5.41, 5.74) is 13.4. The Kier molecular flexibility index (Phi) is 10.2. The first-order chi connectivity index (χ1) is 27.4. The van der Waals surface area contributed by atoms with Gasteiger partial charge in [-0.05, 0) is 90.5 Å². The smallest absolute Gasteiger partial charge is 0.656 e. The van der Waals surface area contributed by atoms with Gasteiger partial charge in [-0.3, -0.25) is 4.98 Å². The zero-order valence-electron chi connectivity index (χ0n) is 34.0. The number of aromatic nitrogens is 3. The van der Waals surface area contributed by atoms with Gasteiger partial charge in [-0.15, -0.1) is 40.4 Å². The summed E-state index contributed by atoms with van der Waals surface area (Å²) in [6.07, 6.45) is 1.85. The Morgan fingerprint density at radius 2 is 1.22 bits per heavy atom. The molecule has 0 aliphatic rings. The number of rotatable bonds is 6. The molecule has 5 heteroatoms. The van der Waals surface area contributed by atoms with Crippen molar-refractivity contribution in [2.24, 2.45) is 0 Å². The molecule has 0 aliphatic carbocycles. The summed E-state index contributed by atoms with van der Waals surface area (Å²) in [5.74, 6) is 0.818. The Labute approximate surface area is 356 Å². The molecule has 0 saturated carbocycles. The van der Waals surface area contributed by atoms with Crippen LogP contribution >= 0.6 is 0 Å². The first-order valence-corrected chi connectivity index (χ1v) is 19.8. The molecule has 0 unspecified atom stereocenters. The zero-order valence-corrected chi connectivity index (χ0v) is 36.3. The molecule has 0 amide bonds. The van der Waals surface area contributed by atoms with E-state index >= 15 is 0 Å². The first kappa shape index (κ1) is 39.0. The number of fused-ring (bicyclic) bond motifs is 4. The van der Waals surface area contributed by atoms with E-state index in [1.54, 1.807) is 0 Å². The van der Waals surface area contributed by atoms with E-state index in [0.29, 0.717) is 0 Å². The second-order valence-corrected chi connectivity index (χ2v) is 17.2. The van der Waals surface area contributed by atoms with Crippen LogP contribution < -0.4 is 9.88 Å². The second kappa shape index (κ2) is 15.2. The minimum atomic E-state index is -0.0324. The van der Waals surface area contributed by atoms with Gasteiger partial charge in [0, 0.05) is 11.6 Å². The molecule has 9 rings (SSSR count). The second-order valence-electron chi connectivity index (χ2n) is 17.2. The van der Waals surface area contributed by atoms with Crippen LogP contribution in [0.25, 0.3) is 66.2 Å². The third-order valence-electron chi connectivity index (χ3n) is 11.0. The Balaban J connectivity index is 0.00000469. The van der Waals surface area contributed by atoms with Crippen LogP contribution in [0.3, 0.4) is 0 Å². The van der Waals surface area contributed by atoms with Crippen molar-refractivity contribution >= 4 is 49.8 Å². The van der Waals surface area contributed by atoms with Gasteiger partial charge in [0.15, 0.2) is 0 Å². The van der Waals surface area contributed by atoms with E-state index in [0.717, 1.165) is 83.4 Å². The third-order valence-corrected chi connectivity index (χ3v) is 11.0. The monoisotopic (exact) mass is 933 g/mol. The maximum Gasteiger partial charge on any atom is 2.00 e. The third kappa shape index (κ3) is 7.38. The van der Waals surface area contributed by atoms with Crippen molar-refractivity contribution in [2.75, 3.05) is 4.90 Å². The van der Waals surface area contributed by atoms with Crippen molar-refractivity contribution in [3.8, 4) is 33.6 Å². The molecule has 288 valence electrons. The van der Waals surface area contributed by atoms with E-state index in [1.807, 2.05) is 18.3 Å². The van der Waals surface area contributed by atoms with Crippen LogP contribution in [0, 0.1) is 13.0 Å². The molecule has 9 aromatic rings. The fourth-order valence-electron chi connectivity index (χ4n) is 7.86. The first-order valence-electron chi connectivity index (χ1n) is 19.8. The Hall–Kier alpha value is -5.83. The van der Waals surface area contributed by atoms with Crippen molar-refractivity contribution in [2.45, 2.75) is 59.3 Å². The van der Waals surface area contributed by atoms with Crippen LogP contribution in [0.5, 0.6) is 0 Å². The normalized spacial score (nSPS) is 11.9. The van der Waals surface area contributed by atoms with Crippen LogP contribution in [0.2, 0.25) is 0 Å². The van der Waals surface area contributed by atoms with Crippen molar-refractivity contribution in [3.05, 3.63) is 175 Å². The molecule has 0 spiro atoms. The molecule has 3 heterocycles. The molecule has 0 aliphatic heterocycles. The van der Waals surface area contributed by atoms with Crippen molar-refractivity contribution in [1.29, 1.82) is 0 Å². The molecule has 3 aromatic heterocycles. The van der Waals surface area contributed by atoms with E-state index in [4.69, 9.17) is 15.0 Å². The molecule has 58 heavy (non-hydrogen) atoms. The Morgan fingerprint density at radius 1 is 0.586 bits per heavy atom. The van der Waals surface area contributed by atoms with Crippen molar-refractivity contribution < 1.29 is 21.1 Å². The van der Waals surface area contributed by atoms with E-state index in [9.17, 15) is 0 Å². The number of hydrogen-bond acceptors (Lipinski definition) is 3. The molecule has 0 fully saturated rings. The predicted octanol–water partition coefficient (Wildman–Crippen LogP) is 14.1. The number of aryl methyl sites for hydroxylation is 1. The number of nitrogens with zero attached hydrogens (tertiary/aromatic N) is 4. The number of para-hydroxylation sites is 2. The van der Waals surface area contributed by atoms with Crippen LogP contribution in [0.4, 0.5) is 17.2 Å². The van der Waals surface area contributed by atoms with Gasteiger partial charge in [0.25, 0.3) is 0 Å². The molecular weight excluding hydrogens is 888 g/mol. The quantitative estimate of drug-likeness (QED) is 0.156. The predicted molar refractivity (Wildman–Crippen MR) is 240 cm³/mol. The summed E-state index contributed by atoms with van der Waals surface area (Å²) in [7, 11) is 0. The maximum absolute atomic E-state index is 5.49. The van der Waals surface area contributed by atoms with Crippen molar-refractivity contribution in [1.82, 2.24) is 15.0 Å². The van der Waals surface area contributed by atoms with Gasteiger partial charge in [-0.2, -0.15) is 0 Å². The summed E-state index contributed by atoms with van der Waals surface area (Å²) in [6.45, 7) is 15.9. The van der Waals surface area contributed by atoms with Gasteiger partial charge in [-0.1, -0.05) is 158 Å². The van der Waals surface area contributed by atoms with E-state index < -0.39 is 0 Å². The average Bonchev–Trinajstić information content (AvgIpc) is 3.59. The molecule has 4 nitrogen and oxygen atoms in total. The molecular formula is C53H46N4Pt. The van der Waals surface area contributed by atoms with Gasteiger partial charge in [0.2, 0.25) is 0 Å². The number of pyridine rings is 2. The minimum Gasteiger partial charge on any atom is -0.656 e. The molecule has 0 atom stereocenters. The minimum absolute atomic E-state index is 0. The van der Waals surface area contributed by atoms with Crippen LogP contribution in [-0.4, -0.2) is 9.97 Å².